The first-order valence-electron chi connectivity index (χ1n) is 9.74. The predicted octanol–water partition coefficient (Wildman–Crippen LogP) is 4.93. The number of aryl methyl sites for hydroxylation is 1. The van der Waals surface area contributed by atoms with Crippen molar-refractivity contribution in [3.63, 3.8) is 0 Å². The van der Waals surface area contributed by atoms with E-state index < -0.39 is 29.2 Å². The number of carbonyl (C=O) groups is 2. The highest BCUT2D eigenvalue weighted by Gasteiger charge is 2.38. The molecule has 0 bridgehead atoms. The number of hydrogen-bond donors (Lipinski definition) is 0. The number of methoxy groups -OCH3 is 1. The Balaban J connectivity index is 2.05. The Morgan fingerprint density at radius 2 is 2.00 bits per heavy atom. The summed E-state index contributed by atoms with van der Waals surface area (Å²) in [6, 6.07) is 9.46. The molecule has 2 aromatic carbocycles. The van der Waals surface area contributed by atoms with Gasteiger partial charge in [0.1, 0.15) is 23.1 Å². The molecule has 1 amide bonds. The average molecular weight is 434 g/mol. The van der Waals surface area contributed by atoms with E-state index in [1.807, 2.05) is 0 Å². The Bertz CT molecular complexity index is 970. The van der Waals surface area contributed by atoms with Crippen LogP contribution in [0.3, 0.4) is 0 Å². The van der Waals surface area contributed by atoms with Gasteiger partial charge in [-0.3, -0.25) is 9.59 Å². The van der Waals surface area contributed by atoms with Crippen molar-refractivity contribution < 1.29 is 23.5 Å². The van der Waals surface area contributed by atoms with Crippen LogP contribution in [0.1, 0.15) is 38.3 Å². The number of anilines is 1. The molecule has 1 aliphatic rings. The maximum atomic E-state index is 13.7. The van der Waals surface area contributed by atoms with Gasteiger partial charge in [0.2, 0.25) is 5.91 Å². The zero-order valence-electron chi connectivity index (χ0n) is 17.5. The van der Waals surface area contributed by atoms with Gasteiger partial charge < -0.3 is 14.4 Å². The molecular weight excluding hydrogens is 409 g/mol. The molecule has 0 radical (unpaired) electrons. The third-order valence-corrected chi connectivity index (χ3v) is 5.13. The zero-order chi connectivity index (χ0) is 22.1. The summed E-state index contributed by atoms with van der Waals surface area (Å²) >= 11 is 6.30. The number of carbonyl (C=O) groups excluding carboxylic acids is 2. The van der Waals surface area contributed by atoms with Crippen molar-refractivity contribution in [2.24, 2.45) is 5.92 Å². The van der Waals surface area contributed by atoms with Gasteiger partial charge in [0.05, 0.1) is 24.4 Å². The molecule has 2 aromatic rings. The molecule has 1 heterocycles. The van der Waals surface area contributed by atoms with E-state index in [-0.39, 0.29) is 6.54 Å². The maximum Gasteiger partial charge on any atom is 0.319 e. The van der Waals surface area contributed by atoms with Gasteiger partial charge in [-0.05, 0) is 62.9 Å². The summed E-state index contributed by atoms with van der Waals surface area (Å²) in [4.78, 5) is 27.7. The van der Waals surface area contributed by atoms with E-state index >= 15 is 0 Å². The van der Waals surface area contributed by atoms with Crippen LogP contribution in [-0.4, -0.2) is 24.6 Å². The molecule has 0 fully saturated rings. The number of ether oxygens (including phenoxy) is 2. The van der Waals surface area contributed by atoms with Crippen LogP contribution in [-0.2, 0) is 27.3 Å². The number of nitrogens with zero attached hydrogens (tertiary/aromatic N) is 1. The Hall–Kier alpha value is -2.60. The summed E-state index contributed by atoms with van der Waals surface area (Å²) in [5.74, 6) is -1.90. The lowest BCUT2D eigenvalue weighted by atomic mass is 10.00. The quantitative estimate of drug-likeness (QED) is 0.507. The van der Waals surface area contributed by atoms with Crippen molar-refractivity contribution in [1.29, 1.82) is 0 Å². The smallest absolute Gasteiger partial charge is 0.319 e. The monoisotopic (exact) mass is 433 g/mol. The first kappa shape index (κ1) is 22.1. The molecule has 30 heavy (non-hydrogen) atoms. The highest BCUT2D eigenvalue weighted by atomic mass is 35.5. The summed E-state index contributed by atoms with van der Waals surface area (Å²) in [5.41, 5.74) is 1.30. The molecule has 1 atom stereocenters. The molecule has 1 aliphatic heterocycles. The fourth-order valence-electron chi connectivity index (χ4n) is 3.49. The van der Waals surface area contributed by atoms with E-state index in [4.69, 9.17) is 21.1 Å². The van der Waals surface area contributed by atoms with Gasteiger partial charge in [-0.1, -0.05) is 23.7 Å². The van der Waals surface area contributed by atoms with Crippen LogP contribution < -0.4 is 9.64 Å². The largest absolute Gasteiger partial charge is 0.495 e. The topological polar surface area (TPSA) is 55.8 Å². The van der Waals surface area contributed by atoms with E-state index in [0.29, 0.717) is 34.9 Å². The number of amides is 1. The molecule has 0 aliphatic carbocycles. The molecule has 7 heteroatoms. The summed E-state index contributed by atoms with van der Waals surface area (Å²) in [5, 5.41) is 0.421. The molecule has 0 saturated carbocycles. The molecular formula is C23H25ClFNO4. The first-order chi connectivity index (χ1) is 14.1. The van der Waals surface area contributed by atoms with E-state index in [1.165, 1.54) is 24.1 Å². The van der Waals surface area contributed by atoms with Crippen molar-refractivity contribution in [1.82, 2.24) is 0 Å². The first-order valence-corrected chi connectivity index (χ1v) is 10.1. The van der Waals surface area contributed by atoms with Gasteiger partial charge in [-0.15, -0.1) is 0 Å². The molecule has 0 saturated heterocycles. The highest BCUT2D eigenvalue weighted by Crippen LogP contribution is 2.38. The molecule has 5 nitrogen and oxygen atoms in total. The zero-order valence-corrected chi connectivity index (χ0v) is 18.3. The fraction of sp³-hybridized carbons (Fsp3) is 0.391. The van der Waals surface area contributed by atoms with Gasteiger partial charge >= 0.3 is 5.97 Å². The van der Waals surface area contributed by atoms with Crippen molar-refractivity contribution >= 4 is 29.2 Å². The molecule has 160 valence electrons. The van der Waals surface area contributed by atoms with Crippen LogP contribution in [0.5, 0.6) is 5.75 Å². The second kappa shape index (κ2) is 8.64. The second-order valence-electron chi connectivity index (χ2n) is 8.29. The number of hydrogen-bond acceptors (Lipinski definition) is 4. The number of halogens is 2. The Morgan fingerprint density at radius 1 is 1.27 bits per heavy atom. The number of benzene rings is 2. The minimum Gasteiger partial charge on any atom is -0.495 e. The lowest BCUT2D eigenvalue weighted by molar-refractivity contribution is -0.162. The molecule has 0 spiro atoms. The van der Waals surface area contributed by atoms with Gasteiger partial charge in [-0.25, -0.2) is 4.39 Å². The number of rotatable bonds is 4. The lowest BCUT2D eigenvalue weighted by Crippen LogP contribution is -2.41. The fourth-order valence-corrected chi connectivity index (χ4v) is 3.76. The third-order valence-electron chi connectivity index (χ3n) is 4.83. The second-order valence-corrected chi connectivity index (χ2v) is 8.70. The van der Waals surface area contributed by atoms with Crippen LogP contribution in [0.25, 0.3) is 0 Å². The molecule has 1 unspecified atom stereocenters. The predicted molar refractivity (Wildman–Crippen MR) is 113 cm³/mol. The SMILES string of the molecule is COc1cc2c(cc1Cl)CCC(C(=O)OC(C)(C)C)C(=O)N2Cc1cccc(F)c1. The van der Waals surface area contributed by atoms with Gasteiger partial charge in [0, 0.05) is 6.07 Å². The van der Waals surface area contributed by atoms with Crippen LogP contribution in [0.2, 0.25) is 5.02 Å². The summed E-state index contributed by atoms with van der Waals surface area (Å²) < 4.78 is 24.6. The number of esters is 1. The summed E-state index contributed by atoms with van der Waals surface area (Å²) in [6.07, 6.45) is 0.761. The normalized spacial score (nSPS) is 16.7. The molecule has 0 aromatic heterocycles. The van der Waals surface area contributed by atoms with Crippen LogP contribution in [0, 0.1) is 11.7 Å². The highest BCUT2D eigenvalue weighted by molar-refractivity contribution is 6.32. The summed E-state index contributed by atoms with van der Waals surface area (Å²) in [6.45, 7) is 5.38. The van der Waals surface area contributed by atoms with E-state index in [0.717, 1.165) is 5.56 Å². The Labute approximate surface area is 180 Å². The van der Waals surface area contributed by atoms with Gasteiger partial charge in [0.25, 0.3) is 0 Å². The Morgan fingerprint density at radius 3 is 2.63 bits per heavy atom. The number of fused-ring (bicyclic) bond motifs is 1. The molecule has 0 N–H and O–H groups in total. The van der Waals surface area contributed by atoms with Gasteiger partial charge in [0.15, 0.2) is 0 Å². The van der Waals surface area contributed by atoms with Crippen molar-refractivity contribution in [2.75, 3.05) is 12.0 Å². The average Bonchev–Trinajstić information content (AvgIpc) is 2.77. The minimum absolute atomic E-state index is 0.105. The van der Waals surface area contributed by atoms with E-state index in [1.54, 1.807) is 45.0 Å². The van der Waals surface area contributed by atoms with E-state index in [2.05, 4.69) is 0 Å². The van der Waals surface area contributed by atoms with Crippen molar-refractivity contribution in [3.8, 4) is 5.75 Å². The van der Waals surface area contributed by atoms with Crippen LogP contribution >= 0.6 is 11.6 Å². The van der Waals surface area contributed by atoms with Crippen molar-refractivity contribution in [3.05, 3.63) is 58.4 Å². The van der Waals surface area contributed by atoms with Gasteiger partial charge in [-0.2, -0.15) is 0 Å². The lowest BCUT2D eigenvalue weighted by Gasteiger charge is -2.28. The van der Waals surface area contributed by atoms with Crippen LogP contribution in [0.4, 0.5) is 10.1 Å². The van der Waals surface area contributed by atoms with E-state index in [9.17, 15) is 14.0 Å². The summed E-state index contributed by atoms with van der Waals surface area (Å²) in [7, 11) is 1.49. The van der Waals surface area contributed by atoms with Crippen molar-refractivity contribution in [2.45, 2.75) is 45.8 Å². The standard InChI is InChI=1S/C23H25ClFNO4/c1-23(2,3)30-22(28)17-9-8-15-11-18(24)20(29-4)12-19(15)26(21(17)27)13-14-6-5-7-16(25)10-14/h5-7,10-12,17H,8-9,13H2,1-4H3. The molecule has 3 rings (SSSR count). The Kier molecular flexibility index (Phi) is 6.36. The minimum atomic E-state index is -0.963. The van der Waals surface area contributed by atoms with Crippen LogP contribution in [0.15, 0.2) is 36.4 Å². The maximum absolute atomic E-state index is 13.7. The third kappa shape index (κ3) is 4.93.